The molecule has 3 nitrogen and oxygen atoms in total. The lowest BCUT2D eigenvalue weighted by Crippen LogP contribution is -2.20. The molecule has 0 bridgehead atoms. The molecule has 1 aliphatic rings. The third-order valence-corrected chi connectivity index (χ3v) is 5.08. The molecule has 0 fully saturated rings. The van der Waals surface area contributed by atoms with E-state index in [0.29, 0.717) is 22.8 Å². The van der Waals surface area contributed by atoms with Crippen LogP contribution in [0.25, 0.3) is 0 Å². The normalized spacial score (nSPS) is 14.8. The van der Waals surface area contributed by atoms with Crippen molar-refractivity contribution >= 4 is 11.6 Å². The van der Waals surface area contributed by atoms with Crippen LogP contribution in [0.3, 0.4) is 0 Å². The van der Waals surface area contributed by atoms with Crippen LogP contribution in [-0.2, 0) is 14.3 Å². The van der Waals surface area contributed by atoms with Gasteiger partial charge in [-0.25, -0.2) is 0 Å². The molecule has 0 unspecified atom stereocenters. The molecule has 0 N–H and O–H groups in total. The van der Waals surface area contributed by atoms with E-state index < -0.39 is 0 Å². The summed E-state index contributed by atoms with van der Waals surface area (Å²) in [6.45, 7) is 14.4. The molecular formula is C24H42O3. The molecule has 0 spiro atoms. The van der Waals surface area contributed by atoms with E-state index in [-0.39, 0.29) is 11.6 Å². The number of carbonyl (C=O) groups excluding carboxylic acids is 2. The summed E-state index contributed by atoms with van der Waals surface area (Å²) in [5, 5.41) is 0. The van der Waals surface area contributed by atoms with Gasteiger partial charge in [-0.15, -0.1) is 0 Å². The molecule has 0 atom stereocenters. The van der Waals surface area contributed by atoms with Gasteiger partial charge in [0.25, 0.3) is 0 Å². The van der Waals surface area contributed by atoms with E-state index >= 15 is 0 Å². The molecule has 0 aliphatic heterocycles. The van der Waals surface area contributed by atoms with Crippen LogP contribution in [-0.4, -0.2) is 24.3 Å². The van der Waals surface area contributed by atoms with Gasteiger partial charge in [-0.1, -0.05) is 52.4 Å². The van der Waals surface area contributed by atoms with E-state index in [1.54, 1.807) is 20.8 Å². The number of hydrogen-bond donors (Lipinski definition) is 0. The van der Waals surface area contributed by atoms with Crippen LogP contribution in [0.15, 0.2) is 22.3 Å². The van der Waals surface area contributed by atoms with Crippen LogP contribution in [0.5, 0.6) is 0 Å². The summed E-state index contributed by atoms with van der Waals surface area (Å²) in [5.74, 6) is 0.131. The summed E-state index contributed by atoms with van der Waals surface area (Å²) in [7, 11) is 0. The van der Waals surface area contributed by atoms with Gasteiger partial charge in [0.2, 0.25) is 0 Å². The summed E-state index contributed by atoms with van der Waals surface area (Å²) in [6.07, 6.45) is 10.7. The molecule has 0 saturated heterocycles. The summed E-state index contributed by atoms with van der Waals surface area (Å²) in [5.41, 5.74) is 2.66. The van der Waals surface area contributed by atoms with E-state index in [4.69, 9.17) is 4.74 Å². The predicted octanol–water partition coefficient (Wildman–Crippen LogP) is 6.75. The van der Waals surface area contributed by atoms with Gasteiger partial charge in [-0.05, 0) is 53.9 Å². The molecule has 0 heterocycles. The quantitative estimate of drug-likeness (QED) is 0.278. The SMILES string of the molecule is CC.CC1=C(C)C(=O)C(CCCCCCCCCCOC(C)C)=C(C)C1=O. The number of carbonyl (C=O) groups is 2. The lowest BCUT2D eigenvalue weighted by molar-refractivity contribution is -0.116. The third kappa shape index (κ3) is 9.51. The molecule has 0 amide bonds. The van der Waals surface area contributed by atoms with E-state index in [1.165, 1.54) is 32.1 Å². The Morgan fingerprint density at radius 1 is 0.667 bits per heavy atom. The van der Waals surface area contributed by atoms with Crippen molar-refractivity contribution < 1.29 is 14.3 Å². The van der Waals surface area contributed by atoms with E-state index in [9.17, 15) is 9.59 Å². The minimum atomic E-state index is 0.0496. The maximum atomic E-state index is 12.3. The van der Waals surface area contributed by atoms with Crippen molar-refractivity contribution in [3.8, 4) is 0 Å². The Balaban J connectivity index is 0.00000326. The van der Waals surface area contributed by atoms with E-state index in [0.717, 1.165) is 37.9 Å². The van der Waals surface area contributed by atoms with Crippen LogP contribution >= 0.6 is 0 Å². The predicted molar refractivity (Wildman–Crippen MR) is 115 cm³/mol. The van der Waals surface area contributed by atoms with E-state index in [2.05, 4.69) is 13.8 Å². The Bertz CT molecular complexity index is 524. The number of ketones is 2. The first-order valence-electron chi connectivity index (χ1n) is 10.9. The lowest BCUT2D eigenvalue weighted by atomic mass is 9.84. The van der Waals surface area contributed by atoms with Crippen LogP contribution in [0, 0.1) is 0 Å². The number of ether oxygens (including phenoxy) is 1. The van der Waals surface area contributed by atoms with Crippen molar-refractivity contribution in [3.63, 3.8) is 0 Å². The average molecular weight is 379 g/mol. The van der Waals surface area contributed by atoms with Crippen LogP contribution in [0.4, 0.5) is 0 Å². The second kappa shape index (κ2) is 14.8. The Hall–Kier alpha value is -1.22. The Morgan fingerprint density at radius 3 is 1.63 bits per heavy atom. The van der Waals surface area contributed by atoms with Gasteiger partial charge in [0, 0.05) is 28.9 Å². The maximum Gasteiger partial charge on any atom is 0.185 e. The van der Waals surface area contributed by atoms with Gasteiger partial charge >= 0.3 is 0 Å². The van der Waals surface area contributed by atoms with Gasteiger partial charge in [-0.2, -0.15) is 0 Å². The van der Waals surface area contributed by atoms with Crippen molar-refractivity contribution in [2.75, 3.05) is 6.61 Å². The Kier molecular flexibility index (Phi) is 14.1. The van der Waals surface area contributed by atoms with Crippen LogP contribution < -0.4 is 0 Å². The summed E-state index contributed by atoms with van der Waals surface area (Å²) < 4.78 is 5.54. The van der Waals surface area contributed by atoms with Crippen molar-refractivity contribution in [1.82, 2.24) is 0 Å². The number of unbranched alkanes of at least 4 members (excludes halogenated alkanes) is 7. The summed E-state index contributed by atoms with van der Waals surface area (Å²) >= 11 is 0. The second-order valence-electron chi connectivity index (χ2n) is 7.51. The molecule has 0 aromatic carbocycles. The fourth-order valence-electron chi connectivity index (χ4n) is 3.24. The first kappa shape index (κ1) is 25.8. The molecule has 27 heavy (non-hydrogen) atoms. The highest BCUT2D eigenvalue weighted by Gasteiger charge is 2.26. The number of rotatable bonds is 12. The maximum absolute atomic E-state index is 12.3. The standard InChI is InChI=1S/C22H36O3.C2H6/c1-16(2)25-15-13-11-9-7-6-8-10-12-14-20-19(5)21(23)17(3)18(4)22(20)24;1-2/h16H,6-15H2,1-5H3;1-2H3. The molecule has 0 saturated carbocycles. The largest absolute Gasteiger partial charge is 0.379 e. The van der Waals surface area contributed by atoms with Crippen LogP contribution in [0.1, 0.15) is 106 Å². The van der Waals surface area contributed by atoms with Crippen molar-refractivity contribution in [3.05, 3.63) is 22.3 Å². The zero-order valence-corrected chi connectivity index (χ0v) is 18.9. The zero-order valence-electron chi connectivity index (χ0n) is 18.9. The third-order valence-electron chi connectivity index (χ3n) is 5.08. The summed E-state index contributed by atoms with van der Waals surface area (Å²) in [4.78, 5) is 24.5. The summed E-state index contributed by atoms with van der Waals surface area (Å²) in [6, 6.07) is 0. The Morgan fingerprint density at radius 2 is 1.11 bits per heavy atom. The number of allylic oxidation sites excluding steroid dienone is 4. The fraction of sp³-hybridized carbons (Fsp3) is 0.750. The van der Waals surface area contributed by atoms with Gasteiger partial charge in [0.1, 0.15) is 0 Å². The highest BCUT2D eigenvalue weighted by molar-refractivity contribution is 6.24. The second-order valence-corrected chi connectivity index (χ2v) is 7.51. The molecular weight excluding hydrogens is 336 g/mol. The van der Waals surface area contributed by atoms with E-state index in [1.807, 2.05) is 13.8 Å². The molecule has 0 radical (unpaired) electrons. The molecule has 0 aromatic rings. The zero-order chi connectivity index (χ0) is 20.8. The highest BCUT2D eigenvalue weighted by Crippen LogP contribution is 2.27. The van der Waals surface area contributed by atoms with Crippen molar-refractivity contribution in [1.29, 1.82) is 0 Å². The van der Waals surface area contributed by atoms with Gasteiger partial charge in [-0.3, -0.25) is 9.59 Å². The van der Waals surface area contributed by atoms with Gasteiger partial charge in [0.15, 0.2) is 11.6 Å². The molecule has 1 aliphatic carbocycles. The van der Waals surface area contributed by atoms with Crippen molar-refractivity contribution in [2.24, 2.45) is 0 Å². The van der Waals surface area contributed by atoms with Gasteiger partial charge in [0.05, 0.1) is 6.10 Å². The minimum absolute atomic E-state index is 0.0496. The monoisotopic (exact) mass is 378 g/mol. The molecule has 3 heteroatoms. The first-order valence-corrected chi connectivity index (χ1v) is 10.9. The molecule has 1 rings (SSSR count). The highest BCUT2D eigenvalue weighted by atomic mass is 16.5. The molecule has 0 aromatic heterocycles. The van der Waals surface area contributed by atoms with Crippen LogP contribution in [0.2, 0.25) is 0 Å². The minimum Gasteiger partial charge on any atom is -0.379 e. The number of Topliss-reactive ketones (excluding diaryl/α,β-unsaturated/α-hetero) is 2. The first-order chi connectivity index (χ1) is 12.9. The average Bonchev–Trinajstić information content (AvgIpc) is 2.66. The topological polar surface area (TPSA) is 43.4 Å². The number of hydrogen-bond acceptors (Lipinski definition) is 3. The Labute approximate surface area is 167 Å². The smallest absolute Gasteiger partial charge is 0.185 e. The molecule has 156 valence electrons. The van der Waals surface area contributed by atoms with Gasteiger partial charge < -0.3 is 4.74 Å². The fourth-order valence-corrected chi connectivity index (χ4v) is 3.24. The van der Waals surface area contributed by atoms with Crippen molar-refractivity contribution in [2.45, 2.75) is 112 Å². The lowest BCUT2D eigenvalue weighted by Gasteiger charge is -2.18.